The van der Waals surface area contributed by atoms with Crippen molar-refractivity contribution in [3.05, 3.63) is 40.0 Å². The Bertz CT molecular complexity index is 1100. The summed E-state index contributed by atoms with van der Waals surface area (Å²) < 4.78 is 37.1. The molecule has 0 unspecified atom stereocenters. The van der Waals surface area contributed by atoms with E-state index in [1.165, 1.54) is 4.31 Å². The monoisotopic (exact) mass is 482 g/mol. The van der Waals surface area contributed by atoms with E-state index in [2.05, 4.69) is 4.98 Å². The molecule has 0 amide bonds. The molecular weight excluding hydrogens is 456 g/mol. The van der Waals surface area contributed by atoms with Gasteiger partial charge in [0.05, 0.1) is 23.8 Å². The van der Waals surface area contributed by atoms with Crippen LogP contribution < -0.4 is 0 Å². The van der Waals surface area contributed by atoms with Crippen molar-refractivity contribution in [2.75, 3.05) is 26.3 Å². The number of carbonyl (C=O) groups is 3. The zero-order valence-electron chi connectivity index (χ0n) is 18.2. The van der Waals surface area contributed by atoms with Crippen LogP contribution in [0.2, 0.25) is 0 Å². The van der Waals surface area contributed by atoms with Gasteiger partial charge in [0.1, 0.15) is 4.21 Å². The summed E-state index contributed by atoms with van der Waals surface area (Å²) in [5.41, 5.74) is 1.47. The highest BCUT2D eigenvalue weighted by atomic mass is 32.2. The van der Waals surface area contributed by atoms with Gasteiger partial charge >= 0.3 is 11.9 Å². The van der Waals surface area contributed by atoms with E-state index in [9.17, 15) is 22.8 Å². The zero-order chi connectivity index (χ0) is 23.5. The van der Waals surface area contributed by atoms with E-state index >= 15 is 0 Å². The van der Waals surface area contributed by atoms with E-state index in [0.717, 1.165) is 11.3 Å². The molecule has 1 aliphatic heterocycles. The van der Waals surface area contributed by atoms with E-state index in [4.69, 9.17) is 9.47 Å². The number of ketones is 1. The maximum absolute atomic E-state index is 12.6. The molecule has 0 radical (unpaired) electrons. The molecule has 9 nitrogen and oxygen atoms in total. The van der Waals surface area contributed by atoms with E-state index in [0.29, 0.717) is 29.7 Å². The maximum Gasteiger partial charge on any atom is 0.340 e. The lowest BCUT2D eigenvalue weighted by Gasteiger charge is -2.29. The predicted molar refractivity (Wildman–Crippen MR) is 117 cm³/mol. The first-order valence-electron chi connectivity index (χ1n) is 10.3. The van der Waals surface area contributed by atoms with Crippen LogP contribution in [-0.2, 0) is 24.3 Å². The minimum Gasteiger partial charge on any atom is -0.462 e. The molecule has 1 fully saturated rings. The molecule has 32 heavy (non-hydrogen) atoms. The number of hydrogen-bond donors (Lipinski definition) is 1. The lowest BCUT2D eigenvalue weighted by atomic mass is 9.98. The molecule has 0 spiro atoms. The summed E-state index contributed by atoms with van der Waals surface area (Å²) in [6, 6.07) is 3.24. The molecule has 0 bridgehead atoms. The van der Waals surface area contributed by atoms with Gasteiger partial charge in [0.15, 0.2) is 6.61 Å². The number of H-pyrrole nitrogens is 1. The number of rotatable bonds is 8. The molecule has 0 atom stereocenters. The fourth-order valence-electron chi connectivity index (χ4n) is 3.73. The zero-order valence-corrected chi connectivity index (χ0v) is 19.8. The minimum absolute atomic E-state index is 0.204. The second-order valence-electron chi connectivity index (χ2n) is 7.49. The van der Waals surface area contributed by atoms with Gasteiger partial charge in [-0.05, 0) is 50.6 Å². The van der Waals surface area contributed by atoms with Gasteiger partial charge in [0.25, 0.3) is 10.0 Å². The summed E-state index contributed by atoms with van der Waals surface area (Å²) in [5, 5.41) is 1.71. The lowest BCUT2D eigenvalue weighted by Crippen LogP contribution is -2.40. The number of aromatic nitrogens is 1. The molecule has 1 saturated heterocycles. The largest absolute Gasteiger partial charge is 0.462 e. The fraction of sp³-hybridized carbons (Fsp3) is 0.476. The number of nitrogens with zero attached hydrogens (tertiary/aromatic N) is 1. The van der Waals surface area contributed by atoms with Crippen molar-refractivity contribution in [3.63, 3.8) is 0 Å². The van der Waals surface area contributed by atoms with Crippen LogP contribution in [0.4, 0.5) is 0 Å². The molecule has 3 heterocycles. The number of aromatic amines is 1. The van der Waals surface area contributed by atoms with Crippen LogP contribution in [0, 0.1) is 19.8 Å². The number of Topliss-reactive ketones (excluding diaryl/α,β-unsaturated/α-hetero) is 1. The average Bonchev–Trinajstić information content (AvgIpc) is 3.41. The molecule has 174 valence electrons. The number of hydrogen-bond acceptors (Lipinski definition) is 8. The molecule has 0 aromatic carbocycles. The van der Waals surface area contributed by atoms with Gasteiger partial charge in [-0.1, -0.05) is 6.07 Å². The highest BCUT2D eigenvalue weighted by molar-refractivity contribution is 7.91. The smallest absolute Gasteiger partial charge is 0.340 e. The van der Waals surface area contributed by atoms with Crippen molar-refractivity contribution in [1.82, 2.24) is 9.29 Å². The quantitative estimate of drug-likeness (QED) is 0.453. The molecule has 0 aliphatic carbocycles. The summed E-state index contributed by atoms with van der Waals surface area (Å²) in [7, 11) is -3.54. The van der Waals surface area contributed by atoms with Crippen LogP contribution in [0.25, 0.3) is 0 Å². The van der Waals surface area contributed by atoms with E-state index in [1.54, 1.807) is 38.3 Å². The van der Waals surface area contributed by atoms with Crippen molar-refractivity contribution in [2.45, 2.75) is 37.8 Å². The third-order valence-electron chi connectivity index (χ3n) is 5.42. The van der Waals surface area contributed by atoms with Gasteiger partial charge in [-0.3, -0.25) is 9.59 Å². The van der Waals surface area contributed by atoms with Crippen LogP contribution in [0.5, 0.6) is 0 Å². The van der Waals surface area contributed by atoms with Crippen molar-refractivity contribution in [1.29, 1.82) is 0 Å². The van der Waals surface area contributed by atoms with Crippen LogP contribution in [0.1, 0.15) is 51.9 Å². The molecule has 0 saturated carbocycles. The number of esters is 2. The standard InChI is InChI=1S/C21H26N2O7S2/c1-4-29-21(26)18-13(2)19(22-14(18)3)16(24)12-30-20(25)15-7-9-23(10-8-15)32(27,28)17-6-5-11-31-17/h5-6,11,15,22H,4,7-10,12H2,1-3H3. The number of aryl methyl sites for hydroxylation is 1. The van der Waals surface area contributed by atoms with Gasteiger partial charge in [0, 0.05) is 18.8 Å². The number of ether oxygens (including phenoxy) is 2. The summed E-state index contributed by atoms with van der Waals surface area (Å²) in [4.78, 5) is 40.0. The van der Waals surface area contributed by atoms with Gasteiger partial charge in [-0.2, -0.15) is 4.31 Å². The first-order chi connectivity index (χ1) is 15.2. The summed E-state index contributed by atoms with van der Waals surface area (Å²) in [5.74, 6) is -1.97. The third-order valence-corrected chi connectivity index (χ3v) is 8.69. The Morgan fingerprint density at radius 1 is 1.19 bits per heavy atom. The van der Waals surface area contributed by atoms with Crippen LogP contribution in [-0.4, -0.2) is 61.7 Å². The molecule has 2 aromatic rings. The Morgan fingerprint density at radius 2 is 1.88 bits per heavy atom. The number of carbonyl (C=O) groups excluding carboxylic acids is 3. The normalized spacial score (nSPS) is 15.5. The maximum atomic E-state index is 12.6. The molecule has 11 heteroatoms. The number of thiophene rings is 1. The number of sulfonamides is 1. The SMILES string of the molecule is CCOC(=O)c1c(C)[nH]c(C(=O)COC(=O)C2CCN(S(=O)(=O)c3cccs3)CC2)c1C. The first kappa shape index (κ1) is 24.1. The van der Waals surface area contributed by atoms with Gasteiger partial charge < -0.3 is 14.5 Å². The molecule has 1 N–H and O–H groups in total. The van der Waals surface area contributed by atoms with Crippen molar-refractivity contribution in [2.24, 2.45) is 5.92 Å². The van der Waals surface area contributed by atoms with Crippen LogP contribution >= 0.6 is 11.3 Å². The van der Waals surface area contributed by atoms with E-state index in [1.807, 2.05) is 0 Å². The number of nitrogens with one attached hydrogen (secondary N) is 1. The Balaban J connectivity index is 1.55. The highest BCUT2D eigenvalue weighted by Gasteiger charge is 2.33. The predicted octanol–water partition coefficient (Wildman–Crippen LogP) is 2.70. The van der Waals surface area contributed by atoms with Crippen molar-refractivity contribution < 1.29 is 32.3 Å². The molecule has 3 rings (SSSR count). The van der Waals surface area contributed by atoms with E-state index < -0.39 is 40.3 Å². The van der Waals surface area contributed by atoms with Crippen LogP contribution in [0.3, 0.4) is 0 Å². The Labute approximate surface area is 190 Å². The topological polar surface area (TPSA) is 123 Å². The van der Waals surface area contributed by atoms with Gasteiger partial charge in [0.2, 0.25) is 5.78 Å². The summed E-state index contributed by atoms with van der Waals surface area (Å²) >= 11 is 1.16. The summed E-state index contributed by atoms with van der Waals surface area (Å²) in [6.45, 7) is 5.18. The Kier molecular flexibility index (Phi) is 7.52. The number of piperidine rings is 1. The molecule has 2 aromatic heterocycles. The third kappa shape index (κ3) is 4.94. The summed E-state index contributed by atoms with van der Waals surface area (Å²) in [6.07, 6.45) is 0.649. The second kappa shape index (κ2) is 9.97. The minimum atomic E-state index is -3.54. The van der Waals surface area contributed by atoms with E-state index in [-0.39, 0.29) is 29.6 Å². The van der Waals surface area contributed by atoms with Crippen molar-refractivity contribution in [3.8, 4) is 0 Å². The first-order valence-corrected chi connectivity index (χ1v) is 12.6. The average molecular weight is 483 g/mol. The second-order valence-corrected chi connectivity index (χ2v) is 10.6. The van der Waals surface area contributed by atoms with Crippen LogP contribution in [0.15, 0.2) is 21.7 Å². The van der Waals surface area contributed by atoms with Gasteiger partial charge in [-0.15, -0.1) is 11.3 Å². The fourth-order valence-corrected chi connectivity index (χ4v) is 6.35. The Morgan fingerprint density at radius 3 is 2.47 bits per heavy atom. The molecule has 1 aliphatic rings. The highest BCUT2D eigenvalue weighted by Crippen LogP contribution is 2.27. The lowest BCUT2D eigenvalue weighted by molar-refractivity contribution is -0.148. The molecular formula is C21H26N2O7S2. The Hall–Kier alpha value is -2.50. The van der Waals surface area contributed by atoms with Gasteiger partial charge in [-0.25, -0.2) is 13.2 Å². The van der Waals surface area contributed by atoms with Crippen molar-refractivity contribution >= 4 is 39.1 Å².